The molecule has 0 atom stereocenters. The molecule has 0 unspecified atom stereocenters. The van der Waals surface area contributed by atoms with E-state index in [0.717, 1.165) is 48.7 Å². The molecule has 5 rings (SSSR count). The van der Waals surface area contributed by atoms with Crippen molar-refractivity contribution in [3.05, 3.63) is 36.4 Å². The van der Waals surface area contributed by atoms with Crippen LogP contribution in [0, 0.1) is 0 Å². The van der Waals surface area contributed by atoms with Gasteiger partial charge in [-0.25, -0.2) is 12.7 Å². The van der Waals surface area contributed by atoms with Crippen molar-refractivity contribution >= 4 is 26.8 Å². The summed E-state index contributed by atoms with van der Waals surface area (Å²) in [4.78, 5) is 9.58. The lowest BCUT2D eigenvalue weighted by atomic mass is 9.91. The molecular formula is C22H28N4O3S. The maximum Gasteiger partial charge on any atom is 0.266 e. The lowest BCUT2D eigenvalue weighted by Gasteiger charge is -2.44. The Hall–Kier alpha value is -2.32. The quantitative estimate of drug-likeness (QED) is 0.748. The number of fused-ring (bicyclic) bond motifs is 1. The SMILES string of the molecule is COc1ccc2cc(S(=O)(=O)N3CCN=C3N3CCN(C4CCC4)CC3)ccc2c1. The van der Waals surface area contributed by atoms with Gasteiger partial charge in [0.15, 0.2) is 0 Å². The van der Waals surface area contributed by atoms with Gasteiger partial charge in [-0.1, -0.05) is 18.6 Å². The van der Waals surface area contributed by atoms with Crippen LogP contribution in [0.25, 0.3) is 10.8 Å². The molecule has 0 aromatic heterocycles. The Balaban J connectivity index is 1.36. The lowest BCUT2D eigenvalue weighted by Crippen LogP contribution is -2.56. The minimum atomic E-state index is -3.65. The highest BCUT2D eigenvalue weighted by Gasteiger charge is 2.36. The van der Waals surface area contributed by atoms with E-state index in [4.69, 9.17) is 4.74 Å². The highest BCUT2D eigenvalue weighted by molar-refractivity contribution is 7.89. The molecule has 30 heavy (non-hydrogen) atoms. The van der Waals surface area contributed by atoms with E-state index < -0.39 is 10.0 Å². The van der Waals surface area contributed by atoms with Crippen molar-refractivity contribution in [1.29, 1.82) is 0 Å². The molecule has 2 aromatic carbocycles. The van der Waals surface area contributed by atoms with Crippen molar-refractivity contribution < 1.29 is 13.2 Å². The number of benzene rings is 2. The maximum absolute atomic E-state index is 13.5. The fraction of sp³-hybridized carbons (Fsp3) is 0.500. The molecule has 0 amide bonds. The Labute approximate surface area is 178 Å². The third kappa shape index (κ3) is 3.41. The molecule has 0 spiro atoms. The van der Waals surface area contributed by atoms with Gasteiger partial charge in [-0.3, -0.25) is 9.89 Å². The van der Waals surface area contributed by atoms with E-state index in [2.05, 4.69) is 14.8 Å². The number of hydrogen-bond donors (Lipinski definition) is 0. The van der Waals surface area contributed by atoms with Crippen LogP contribution in [0.15, 0.2) is 46.3 Å². The zero-order valence-corrected chi connectivity index (χ0v) is 18.1. The summed E-state index contributed by atoms with van der Waals surface area (Å²) in [7, 11) is -2.03. The Bertz CT molecular complexity index is 1070. The van der Waals surface area contributed by atoms with Crippen molar-refractivity contribution in [3.63, 3.8) is 0 Å². The smallest absolute Gasteiger partial charge is 0.266 e. The van der Waals surface area contributed by atoms with Crippen LogP contribution in [0.1, 0.15) is 19.3 Å². The van der Waals surface area contributed by atoms with Gasteiger partial charge in [-0.05, 0) is 47.9 Å². The second-order valence-electron chi connectivity index (χ2n) is 8.24. The van der Waals surface area contributed by atoms with Crippen molar-refractivity contribution in [2.45, 2.75) is 30.2 Å². The van der Waals surface area contributed by atoms with E-state index in [1.807, 2.05) is 24.3 Å². The third-order valence-corrected chi connectivity index (χ3v) is 8.35. The summed E-state index contributed by atoms with van der Waals surface area (Å²) in [5, 5.41) is 1.83. The number of rotatable bonds is 4. The predicted octanol–water partition coefficient (Wildman–Crippen LogP) is 2.38. The first-order valence-electron chi connectivity index (χ1n) is 10.7. The van der Waals surface area contributed by atoms with Gasteiger partial charge in [-0.2, -0.15) is 0 Å². The van der Waals surface area contributed by atoms with Crippen molar-refractivity contribution in [2.24, 2.45) is 4.99 Å². The fourth-order valence-corrected chi connectivity index (χ4v) is 6.04. The first-order chi connectivity index (χ1) is 14.6. The van der Waals surface area contributed by atoms with Crippen LogP contribution in [0.4, 0.5) is 0 Å². The minimum Gasteiger partial charge on any atom is -0.497 e. The molecular weight excluding hydrogens is 400 g/mol. The first-order valence-corrected chi connectivity index (χ1v) is 12.1. The van der Waals surface area contributed by atoms with Crippen LogP contribution >= 0.6 is 0 Å². The second-order valence-corrected chi connectivity index (χ2v) is 10.1. The average Bonchev–Trinajstić information content (AvgIpc) is 3.23. The van der Waals surface area contributed by atoms with E-state index in [1.165, 1.54) is 23.6 Å². The standard InChI is InChI=1S/C22H28N4O3S/c1-29-20-7-5-18-16-21(8-6-17(18)15-20)30(27,28)26-10-9-23-22(26)25-13-11-24(12-14-25)19-3-2-4-19/h5-8,15-16,19H,2-4,9-14H2,1H3. The molecule has 0 N–H and O–H groups in total. The Morgan fingerprint density at radius 3 is 2.40 bits per heavy atom. The molecule has 0 bridgehead atoms. The third-order valence-electron chi connectivity index (χ3n) is 6.57. The summed E-state index contributed by atoms with van der Waals surface area (Å²) in [6, 6.07) is 11.7. The number of hydrogen-bond acceptors (Lipinski definition) is 6. The van der Waals surface area contributed by atoms with Gasteiger partial charge in [0.05, 0.1) is 25.1 Å². The van der Waals surface area contributed by atoms with Gasteiger partial charge in [0.1, 0.15) is 5.75 Å². The number of ether oxygens (including phenoxy) is 1. The molecule has 2 heterocycles. The van der Waals surface area contributed by atoms with Crippen LogP contribution in [0.5, 0.6) is 5.75 Å². The van der Waals surface area contributed by atoms with Gasteiger partial charge in [0.25, 0.3) is 10.0 Å². The number of sulfonamides is 1. The van der Waals surface area contributed by atoms with Gasteiger partial charge >= 0.3 is 0 Å². The Morgan fingerprint density at radius 2 is 1.70 bits per heavy atom. The molecule has 1 saturated carbocycles. The first kappa shape index (κ1) is 19.6. The molecule has 2 aromatic rings. The summed E-state index contributed by atoms with van der Waals surface area (Å²) >= 11 is 0. The number of aliphatic imine (C=N–C) groups is 1. The molecule has 1 aliphatic carbocycles. The minimum absolute atomic E-state index is 0.308. The molecule has 7 nitrogen and oxygen atoms in total. The molecule has 2 aliphatic heterocycles. The average molecular weight is 429 g/mol. The van der Waals surface area contributed by atoms with E-state index >= 15 is 0 Å². The van der Waals surface area contributed by atoms with Crippen molar-refractivity contribution in [2.75, 3.05) is 46.4 Å². The Morgan fingerprint density at radius 1 is 0.967 bits per heavy atom. The van der Waals surface area contributed by atoms with Gasteiger partial charge < -0.3 is 9.64 Å². The molecule has 0 radical (unpaired) electrons. The van der Waals surface area contributed by atoms with E-state index in [0.29, 0.717) is 23.9 Å². The summed E-state index contributed by atoms with van der Waals surface area (Å²) in [6.07, 6.45) is 3.94. The highest BCUT2D eigenvalue weighted by atomic mass is 32.2. The van der Waals surface area contributed by atoms with Gasteiger partial charge in [0.2, 0.25) is 5.96 Å². The predicted molar refractivity (Wildman–Crippen MR) is 117 cm³/mol. The van der Waals surface area contributed by atoms with Crippen LogP contribution in [0.3, 0.4) is 0 Å². The zero-order chi connectivity index (χ0) is 20.7. The molecule has 8 heteroatoms. The number of nitrogens with zero attached hydrogens (tertiary/aromatic N) is 4. The molecule has 3 aliphatic rings. The monoisotopic (exact) mass is 428 g/mol. The second kappa shape index (κ2) is 7.74. The van der Waals surface area contributed by atoms with Crippen molar-refractivity contribution in [3.8, 4) is 5.75 Å². The van der Waals surface area contributed by atoms with E-state index in [1.54, 1.807) is 19.2 Å². The van der Waals surface area contributed by atoms with Crippen molar-refractivity contribution in [1.82, 2.24) is 14.1 Å². The molecule has 2 fully saturated rings. The summed E-state index contributed by atoms with van der Waals surface area (Å²) in [5.74, 6) is 1.37. The summed E-state index contributed by atoms with van der Waals surface area (Å²) in [6.45, 7) is 4.55. The fourth-order valence-electron chi connectivity index (χ4n) is 4.56. The van der Waals surface area contributed by atoms with E-state index in [-0.39, 0.29) is 0 Å². The number of piperazine rings is 1. The van der Waals surface area contributed by atoms with Gasteiger partial charge in [-0.15, -0.1) is 0 Å². The zero-order valence-electron chi connectivity index (χ0n) is 17.3. The number of methoxy groups -OCH3 is 1. The van der Waals surface area contributed by atoms with Gasteiger partial charge in [0, 0.05) is 32.2 Å². The Kier molecular flexibility index (Phi) is 5.06. The summed E-state index contributed by atoms with van der Waals surface area (Å²) < 4.78 is 33.7. The van der Waals surface area contributed by atoms with E-state index in [9.17, 15) is 8.42 Å². The van der Waals surface area contributed by atoms with Crippen LogP contribution in [-0.4, -0.2) is 80.9 Å². The molecule has 160 valence electrons. The van der Waals surface area contributed by atoms with Crippen LogP contribution in [-0.2, 0) is 10.0 Å². The highest BCUT2D eigenvalue weighted by Crippen LogP contribution is 2.28. The topological polar surface area (TPSA) is 65.5 Å². The normalized spacial score (nSPS) is 21.0. The number of guanidine groups is 1. The summed E-state index contributed by atoms with van der Waals surface area (Å²) in [5.41, 5.74) is 0. The lowest BCUT2D eigenvalue weighted by molar-refractivity contribution is 0.0833. The maximum atomic E-state index is 13.5. The van der Waals surface area contributed by atoms with Crippen LogP contribution < -0.4 is 4.74 Å². The largest absolute Gasteiger partial charge is 0.497 e. The van der Waals surface area contributed by atoms with Crippen LogP contribution in [0.2, 0.25) is 0 Å². The molecule has 1 saturated heterocycles.